The molecule has 0 bridgehead atoms. The summed E-state index contributed by atoms with van der Waals surface area (Å²) in [5, 5.41) is 13.8. The highest BCUT2D eigenvalue weighted by atomic mass is 16.7. The zero-order chi connectivity index (χ0) is 17.8. The van der Waals surface area contributed by atoms with Gasteiger partial charge in [0, 0.05) is 29.3 Å². The van der Waals surface area contributed by atoms with E-state index in [0.29, 0.717) is 22.6 Å². The molecule has 1 amide bonds. The molecule has 1 aliphatic rings. The van der Waals surface area contributed by atoms with Crippen molar-refractivity contribution in [3.63, 3.8) is 0 Å². The number of non-ortho nitro benzene ring substituents is 1. The molecule has 8 heteroatoms. The largest absolute Gasteiger partial charge is 0.467 e. The van der Waals surface area contributed by atoms with Crippen LogP contribution in [0.1, 0.15) is 29.9 Å². The maximum atomic E-state index is 12.1. The molecule has 8 nitrogen and oxygen atoms in total. The van der Waals surface area contributed by atoms with Crippen molar-refractivity contribution in [1.29, 1.82) is 0 Å². The third kappa shape index (κ3) is 3.86. The highest BCUT2D eigenvalue weighted by Crippen LogP contribution is 2.33. The molecule has 0 saturated carbocycles. The van der Waals surface area contributed by atoms with E-state index in [-0.39, 0.29) is 31.0 Å². The Hall–Kier alpha value is -3.13. The quantitative estimate of drug-likeness (QED) is 0.508. The predicted molar refractivity (Wildman–Crippen MR) is 87.7 cm³/mol. The van der Waals surface area contributed by atoms with Gasteiger partial charge in [-0.2, -0.15) is 0 Å². The first kappa shape index (κ1) is 16.7. The molecule has 2 aromatic rings. The molecule has 0 fully saturated rings. The number of benzene rings is 1. The van der Waals surface area contributed by atoms with Crippen LogP contribution in [0.4, 0.5) is 5.69 Å². The summed E-state index contributed by atoms with van der Waals surface area (Å²) in [5.41, 5.74) is 0.939. The summed E-state index contributed by atoms with van der Waals surface area (Å²) in [7, 11) is 0. The Morgan fingerprint density at radius 3 is 3.00 bits per heavy atom. The number of carbonyl (C=O) groups is 1. The molecule has 1 aromatic carbocycles. The van der Waals surface area contributed by atoms with Crippen molar-refractivity contribution < 1.29 is 23.6 Å². The molecule has 0 saturated heterocycles. The average molecular weight is 344 g/mol. The van der Waals surface area contributed by atoms with Crippen molar-refractivity contribution in [2.75, 3.05) is 6.79 Å². The molecule has 1 aliphatic heterocycles. The fourth-order valence-electron chi connectivity index (χ4n) is 2.50. The minimum absolute atomic E-state index is 0.0629. The summed E-state index contributed by atoms with van der Waals surface area (Å²) in [6.45, 7) is 2.08. The Bertz CT molecular complexity index is 813. The minimum atomic E-state index is -0.495. The molecule has 130 valence electrons. The number of ether oxygens (including phenoxy) is 2. The lowest BCUT2D eigenvalue weighted by atomic mass is 10.1. The Balaban J connectivity index is 1.79. The molecule has 2 heterocycles. The summed E-state index contributed by atoms with van der Waals surface area (Å²) in [6.07, 6.45) is 4.32. The number of hydrogen-bond donors (Lipinski definition) is 1. The van der Waals surface area contributed by atoms with Gasteiger partial charge in [0.2, 0.25) is 5.91 Å². The van der Waals surface area contributed by atoms with Gasteiger partial charge in [-0.1, -0.05) is 0 Å². The van der Waals surface area contributed by atoms with Crippen LogP contribution < -0.4 is 10.1 Å². The molecule has 25 heavy (non-hydrogen) atoms. The summed E-state index contributed by atoms with van der Waals surface area (Å²) < 4.78 is 15.8. The van der Waals surface area contributed by atoms with Crippen LogP contribution in [0, 0.1) is 10.1 Å². The number of nitro benzene ring substituents is 1. The summed E-state index contributed by atoms with van der Waals surface area (Å²) in [4.78, 5) is 22.6. The number of amides is 1. The molecular weight excluding hydrogens is 328 g/mol. The van der Waals surface area contributed by atoms with Gasteiger partial charge >= 0.3 is 0 Å². The Morgan fingerprint density at radius 2 is 2.28 bits per heavy atom. The van der Waals surface area contributed by atoms with Gasteiger partial charge in [0.15, 0.2) is 6.79 Å². The maximum Gasteiger partial charge on any atom is 0.270 e. The average Bonchev–Trinajstić information content (AvgIpc) is 3.14. The Morgan fingerprint density at radius 1 is 1.44 bits per heavy atom. The van der Waals surface area contributed by atoms with Gasteiger partial charge in [-0.3, -0.25) is 14.9 Å². The SMILES string of the molecule is C[C@@H](NC(=O)/C=C/c1cc([N+](=O)[O-])cc2c1OCOC2)c1ccco1. The van der Waals surface area contributed by atoms with Gasteiger partial charge < -0.3 is 19.2 Å². The lowest BCUT2D eigenvalue weighted by Gasteiger charge is -2.19. The smallest absolute Gasteiger partial charge is 0.270 e. The van der Waals surface area contributed by atoms with Crippen molar-refractivity contribution in [1.82, 2.24) is 5.32 Å². The molecule has 1 N–H and O–H groups in total. The standard InChI is InChI=1S/C17H16N2O6/c1-11(15-3-2-6-24-15)18-16(20)5-4-12-7-14(19(21)22)8-13-9-23-10-25-17(12)13/h2-8,11H,9-10H2,1H3,(H,18,20)/b5-4+/t11-/m1/s1. The predicted octanol–water partition coefficient (Wildman–Crippen LogP) is 2.94. The number of furan rings is 1. The Labute approximate surface area is 143 Å². The second kappa shape index (κ2) is 7.18. The fourth-order valence-corrected chi connectivity index (χ4v) is 2.50. The molecule has 1 atom stereocenters. The number of nitro groups is 1. The van der Waals surface area contributed by atoms with Gasteiger partial charge in [0.1, 0.15) is 11.5 Å². The van der Waals surface area contributed by atoms with Gasteiger partial charge in [0.05, 0.1) is 23.8 Å². The van der Waals surface area contributed by atoms with Crippen LogP contribution in [0.5, 0.6) is 5.75 Å². The van der Waals surface area contributed by atoms with Crippen LogP contribution in [-0.2, 0) is 16.1 Å². The van der Waals surface area contributed by atoms with Crippen LogP contribution in [-0.4, -0.2) is 17.6 Å². The van der Waals surface area contributed by atoms with E-state index >= 15 is 0 Å². The number of carbonyl (C=O) groups excluding carboxylic acids is 1. The van der Waals surface area contributed by atoms with Crippen molar-refractivity contribution in [2.24, 2.45) is 0 Å². The summed E-state index contributed by atoms with van der Waals surface area (Å²) in [5.74, 6) is 0.770. The molecule has 3 rings (SSSR count). The first-order chi connectivity index (χ1) is 12.0. The topological polar surface area (TPSA) is 104 Å². The third-order valence-electron chi connectivity index (χ3n) is 3.68. The molecular formula is C17H16N2O6. The number of rotatable bonds is 5. The van der Waals surface area contributed by atoms with Crippen LogP contribution in [0.2, 0.25) is 0 Å². The Kier molecular flexibility index (Phi) is 4.80. The summed E-state index contributed by atoms with van der Waals surface area (Å²) >= 11 is 0. The number of nitrogens with zero attached hydrogens (tertiary/aromatic N) is 1. The van der Waals surface area contributed by atoms with Crippen molar-refractivity contribution in [2.45, 2.75) is 19.6 Å². The van der Waals surface area contributed by atoms with Crippen LogP contribution >= 0.6 is 0 Å². The minimum Gasteiger partial charge on any atom is -0.467 e. The second-order valence-corrected chi connectivity index (χ2v) is 5.47. The van der Waals surface area contributed by atoms with Gasteiger partial charge in [-0.05, 0) is 25.1 Å². The molecule has 0 radical (unpaired) electrons. The zero-order valence-electron chi connectivity index (χ0n) is 13.4. The highest BCUT2D eigenvalue weighted by Gasteiger charge is 2.20. The second-order valence-electron chi connectivity index (χ2n) is 5.47. The van der Waals surface area contributed by atoms with Gasteiger partial charge in [0.25, 0.3) is 5.69 Å². The van der Waals surface area contributed by atoms with Crippen molar-refractivity contribution in [3.8, 4) is 5.75 Å². The third-order valence-corrected chi connectivity index (χ3v) is 3.68. The fraction of sp³-hybridized carbons (Fsp3) is 0.235. The lowest BCUT2D eigenvalue weighted by Crippen LogP contribution is -2.24. The van der Waals surface area contributed by atoms with E-state index in [4.69, 9.17) is 13.9 Å². The van der Waals surface area contributed by atoms with Crippen LogP contribution in [0.15, 0.2) is 41.0 Å². The zero-order valence-corrected chi connectivity index (χ0v) is 13.4. The normalized spacial score (nSPS) is 14.6. The van der Waals surface area contributed by atoms with Gasteiger partial charge in [-0.25, -0.2) is 0 Å². The maximum absolute atomic E-state index is 12.1. The van der Waals surface area contributed by atoms with Crippen LogP contribution in [0.3, 0.4) is 0 Å². The van der Waals surface area contributed by atoms with E-state index in [1.165, 1.54) is 30.5 Å². The van der Waals surface area contributed by atoms with E-state index in [9.17, 15) is 14.9 Å². The van der Waals surface area contributed by atoms with E-state index in [0.717, 1.165) is 0 Å². The highest BCUT2D eigenvalue weighted by molar-refractivity contribution is 5.92. The lowest BCUT2D eigenvalue weighted by molar-refractivity contribution is -0.385. The van der Waals surface area contributed by atoms with Crippen molar-refractivity contribution in [3.05, 3.63) is 63.6 Å². The van der Waals surface area contributed by atoms with Gasteiger partial charge in [-0.15, -0.1) is 0 Å². The molecule has 0 unspecified atom stereocenters. The van der Waals surface area contributed by atoms with Crippen molar-refractivity contribution >= 4 is 17.7 Å². The van der Waals surface area contributed by atoms with Crippen LogP contribution in [0.25, 0.3) is 6.08 Å². The first-order valence-electron chi connectivity index (χ1n) is 7.58. The monoisotopic (exact) mass is 344 g/mol. The molecule has 1 aromatic heterocycles. The summed E-state index contributed by atoms with van der Waals surface area (Å²) in [6, 6.07) is 5.98. The van der Waals surface area contributed by atoms with E-state index < -0.39 is 4.92 Å². The number of hydrogen-bond acceptors (Lipinski definition) is 6. The van der Waals surface area contributed by atoms with E-state index in [2.05, 4.69) is 5.32 Å². The van der Waals surface area contributed by atoms with E-state index in [1.807, 2.05) is 0 Å². The van der Waals surface area contributed by atoms with E-state index in [1.54, 1.807) is 19.1 Å². The number of nitrogens with one attached hydrogen (secondary N) is 1. The molecule has 0 spiro atoms. The number of fused-ring (bicyclic) bond motifs is 1. The first-order valence-corrected chi connectivity index (χ1v) is 7.58. The molecule has 0 aliphatic carbocycles.